The van der Waals surface area contributed by atoms with E-state index in [4.69, 9.17) is 4.74 Å². The van der Waals surface area contributed by atoms with E-state index < -0.39 is 0 Å². The molecule has 176 valence electrons. The van der Waals surface area contributed by atoms with Crippen LogP contribution in [0.4, 0.5) is 0 Å². The Bertz CT molecular complexity index is 1140. The van der Waals surface area contributed by atoms with E-state index in [1.54, 1.807) is 0 Å². The highest BCUT2D eigenvalue weighted by Crippen LogP contribution is 2.35. The molecule has 0 aliphatic carbocycles. The van der Waals surface area contributed by atoms with Gasteiger partial charge >= 0.3 is 0 Å². The fourth-order valence-electron chi connectivity index (χ4n) is 4.55. The van der Waals surface area contributed by atoms with Gasteiger partial charge in [0.25, 0.3) is 0 Å². The van der Waals surface area contributed by atoms with Crippen molar-refractivity contribution in [1.29, 1.82) is 0 Å². The number of hydrogen-bond donors (Lipinski definition) is 1. The molecule has 0 spiro atoms. The first kappa shape index (κ1) is 24.0. The summed E-state index contributed by atoms with van der Waals surface area (Å²) >= 11 is 0. The third-order valence-electron chi connectivity index (χ3n) is 6.52. The van der Waals surface area contributed by atoms with Gasteiger partial charge in [0.2, 0.25) is 0 Å². The third-order valence-corrected chi connectivity index (χ3v) is 6.52. The van der Waals surface area contributed by atoms with Crippen molar-refractivity contribution < 1.29 is 4.74 Å². The Morgan fingerprint density at radius 1 is 0.735 bits per heavy atom. The molecule has 0 radical (unpaired) electrons. The Balaban J connectivity index is 1.68. The highest BCUT2D eigenvalue weighted by molar-refractivity contribution is 5.88. The van der Waals surface area contributed by atoms with Gasteiger partial charge in [-0.25, -0.2) is 0 Å². The van der Waals surface area contributed by atoms with Crippen molar-refractivity contribution in [1.82, 2.24) is 10.2 Å². The van der Waals surface area contributed by atoms with Crippen molar-refractivity contribution >= 4 is 10.8 Å². The third kappa shape index (κ3) is 6.25. The first-order valence-electron chi connectivity index (χ1n) is 12.5. The molecule has 0 unspecified atom stereocenters. The number of benzene rings is 4. The summed E-state index contributed by atoms with van der Waals surface area (Å²) in [5, 5.41) is 6.36. The van der Waals surface area contributed by atoms with Gasteiger partial charge in [-0.05, 0) is 47.5 Å². The topological polar surface area (TPSA) is 24.5 Å². The summed E-state index contributed by atoms with van der Waals surface area (Å²) in [6, 6.07) is 34.5. The standard InChI is InChI=1S/C31H36N2O/c1-3-33(4-2)21-22-34-30-20-19-27-17-11-12-18-28(27)31(30)29(23-25-13-7-5-8-14-25)32-24-26-15-9-6-10-16-26/h5-20,29,32H,3-4,21-24H2,1-2H3/t29-/m0/s1. The maximum Gasteiger partial charge on any atom is 0.124 e. The van der Waals surface area contributed by atoms with Gasteiger partial charge in [-0.2, -0.15) is 0 Å². The van der Waals surface area contributed by atoms with Crippen molar-refractivity contribution in [3.63, 3.8) is 0 Å². The van der Waals surface area contributed by atoms with E-state index in [1.807, 2.05) is 0 Å². The summed E-state index contributed by atoms with van der Waals surface area (Å²) in [5.74, 6) is 0.979. The second kappa shape index (κ2) is 12.4. The molecule has 1 atom stereocenters. The summed E-state index contributed by atoms with van der Waals surface area (Å²) in [4.78, 5) is 2.40. The monoisotopic (exact) mass is 452 g/mol. The number of hydrogen-bond acceptors (Lipinski definition) is 3. The summed E-state index contributed by atoms with van der Waals surface area (Å²) in [6.45, 7) is 8.91. The normalized spacial score (nSPS) is 12.2. The maximum atomic E-state index is 6.47. The molecule has 1 N–H and O–H groups in total. The van der Waals surface area contributed by atoms with Gasteiger partial charge in [0.05, 0.1) is 0 Å². The van der Waals surface area contributed by atoms with Crippen LogP contribution >= 0.6 is 0 Å². The summed E-state index contributed by atoms with van der Waals surface area (Å²) in [6.07, 6.45) is 0.897. The zero-order valence-corrected chi connectivity index (χ0v) is 20.4. The van der Waals surface area contributed by atoms with Crippen LogP contribution < -0.4 is 10.1 Å². The molecule has 0 aliphatic rings. The lowest BCUT2D eigenvalue weighted by molar-refractivity contribution is 0.220. The first-order valence-corrected chi connectivity index (χ1v) is 12.5. The molecule has 34 heavy (non-hydrogen) atoms. The molecule has 4 aromatic carbocycles. The van der Waals surface area contributed by atoms with Crippen LogP contribution in [-0.4, -0.2) is 31.1 Å². The zero-order chi connectivity index (χ0) is 23.6. The predicted molar refractivity (Wildman–Crippen MR) is 143 cm³/mol. The van der Waals surface area contributed by atoms with Crippen LogP contribution in [0.1, 0.15) is 36.6 Å². The summed E-state index contributed by atoms with van der Waals surface area (Å²) < 4.78 is 6.47. The summed E-state index contributed by atoms with van der Waals surface area (Å²) in [5.41, 5.74) is 3.84. The lowest BCUT2D eigenvalue weighted by Gasteiger charge is -2.25. The fraction of sp³-hybridized carbons (Fsp3) is 0.290. The number of likely N-dealkylation sites (N-methyl/N-ethyl adjacent to an activating group) is 1. The molecular formula is C31H36N2O. The number of nitrogens with one attached hydrogen (secondary N) is 1. The quantitative estimate of drug-likeness (QED) is 0.261. The van der Waals surface area contributed by atoms with Crippen LogP contribution in [0.5, 0.6) is 5.75 Å². The molecule has 0 amide bonds. The minimum Gasteiger partial charge on any atom is -0.492 e. The minimum atomic E-state index is 0.122. The Hall–Kier alpha value is -3.14. The van der Waals surface area contributed by atoms with Gasteiger partial charge in [0, 0.05) is 24.7 Å². The summed E-state index contributed by atoms with van der Waals surface area (Å²) in [7, 11) is 0. The van der Waals surface area contributed by atoms with Crippen LogP contribution in [0.15, 0.2) is 97.1 Å². The lowest BCUT2D eigenvalue weighted by Crippen LogP contribution is -2.28. The number of nitrogens with zero attached hydrogens (tertiary/aromatic N) is 1. The van der Waals surface area contributed by atoms with Crippen LogP contribution in [0, 0.1) is 0 Å². The van der Waals surface area contributed by atoms with Gasteiger partial charge in [0.15, 0.2) is 0 Å². The Labute approximate surface area is 204 Å². The molecule has 4 aromatic rings. The van der Waals surface area contributed by atoms with E-state index >= 15 is 0 Å². The first-order chi connectivity index (χ1) is 16.8. The second-order valence-corrected chi connectivity index (χ2v) is 8.68. The van der Waals surface area contributed by atoms with Gasteiger partial charge in [-0.1, -0.05) is 105 Å². The highest BCUT2D eigenvalue weighted by Gasteiger charge is 2.20. The molecule has 0 heterocycles. The Morgan fingerprint density at radius 3 is 2.09 bits per heavy atom. The van der Waals surface area contributed by atoms with Gasteiger partial charge in [-0.3, -0.25) is 0 Å². The minimum absolute atomic E-state index is 0.122. The van der Waals surface area contributed by atoms with Gasteiger partial charge < -0.3 is 15.0 Å². The maximum absolute atomic E-state index is 6.47. The Kier molecular flexibility index (Phi) is 8.72. The van der Waals surface area contributed by atoms with E-state index in [-0.39, 0.29) is 6.04 Å². The number of ether oxygens (including phenoxy) is 1. The molecule has 0 aliphatic heterocycles. The average Bonchev–Trinajstić information content (AvgIpc) is 2.90. The molecule has 4 rings (SSSR count). The lowest BCUT2D eigenvalue weighted by atomic mass is 9.92. The Morgan fingerprint density at radius 2 is 1.38 bits per heavy atom. The molecule has 0 bridgehead atoms. The largest absolute Gasteiger partial charge is 0.492 e. The molecule has 0 saturated heterocycles. The van der Waals surface area contributed by atoms with Crippen molar-refractivity contribution in [3.05, 3.63) is 114 Å². The molecule has 0 aromatic heterocycles. The molecular weight excluding hydrogens is 416 g/mol. The molecule has 0 fully saturated rings. The number of fused-ring (bicyclic) bond motifs is 1. The smallest absolute Gasteiger partial charge is 0.124 e. The van der Waals surface area contributed by atoms with Crippen LogP contribution in [0.25, 0.3) is 10.8 Å². The van der Waals surface area contributed by atoms with E-state index in [0.29, 0.717) is 6.61 Å². The fourth-order valence-corrected chi connectivity index (χ4v) is 4.55. The van der Waals surface area contributed by atoms with Crippen molar-refractivity contribution in [2.45, 2.75) is 32.9 Å². The van der Waals surface area contributed by atoms with Crippen molar-refractivity contribution in [3.8, 4) is 5.75 Å². The van der Waals surface area contributed by atoms with Gasteiger partial charge in [-0.15, -0.1) is 0 Å². The predicted octanol–water partition coefficient (Wildman–Crippen LogP) is 6.63. The van der Waals surface area contributed by atoms with Crippen LogP contribution in [0.2, 0.25) is 0 Å². The molecule has 3 nitrogen and oxygen atoms in total. The van der Waals surface area contributed by atoms with E-state index in [9.17, 15) is 0 Å². The number of rotatable bonds is 12. The van der Waals surface area contributed by atoms with E-state index in [0.717, 1.165) is 38.3 Å². The van der Waals surface area contributed by atoms with Crippen molar-refractivity contribution in [2.24, 2.45) is 0 Å². The molecule has 0 saturated carbocycles. The van der Waals surface area contributed by atoms with Crippen LogP contribution in [-0.2, 0) is 13.0 Å². The van der Waals surface area contributed by atoms with Crippen LogP contribution in [0.3, 0.4) is 0 Å². The van der Waals surface area contributed by atoms with E-state index in [2.05, 4.69) is 121 Å². The second-order valence-electron chi connectivity index (χ2n) is 8.68. The van der Waals surface area contributed by atoms with Gasteiger partial charge in [0.1, 0.15) is 12.4 Å². The zero-order valence-electron chi connectivity index (χ0n) is 20.4. The highest BCUT2D eigenvalue weighted by atomic mass is 16.5. The van der Waals surface area contributed by atoms with Crippen molar-refractivity contribution in [2.75, 3.05) is 26.2 Å². The van der Waals surface area contributed by atoms with E-state index in [1.165, 1.54) is 27.5 Å². The average molecular weight is 453 g/mol. The SMILES string of the molecule is CCN(CC)CCOc1ccc2ccccc2c1[C@H](Cc1ccccc1)NCc1ccccc1. The molecule has 3 heteroatoms.